The Morgan fingerprint density at radius 2 is 1.97 bits per heavy atom. The van der Waals surface area contributed by atoms with Gasteiger partial charge in [0, 0.05) is 12.1 Å². The predicted molar refractivity (Wildman–Crippen MR) is 112 cm³/mol. The van der Waals surface area contributed by atoms with Gasteiger partial charge in [-0.15, -0.1) is 10.2 Å². The first-order chi connectivity index (χ1) is 14.1. The van der Waals surface area contributed by atoms with Gasteiger partial charge in [0.2, 0.25) is 11.1 Å². The van der Waals surface area contributed by atoms with Crippen LogP contribution in [0.4, 0.5) is 10.1 Å². The van der Waals surface area contributed by atoms with Gasteiger partial charge in [-0.2, -0.15) is 0 Å². The molecular weight excluding hydrogens is 389 g/mol. The van der Waals surface area contributed by atoms with Crippen LogP contribution in [0.2, 0.25) is 0 Å². The van der Waals surface area contributed by atoms with Gasteiger partial charge >= 0.3 is 0 Å². The Hall–Kier alpha value is -2.87. The number of hydrogen-bond acceptors (Lipinski definition) is 5. The third-order valence-corrected chi connectivity index (χ3v) is 6.08. The lowest BCUT2D eigenvalue weighted by atomic mass is 10.0. The molecule has 8 heteroatoms. The molecule has 3 aromatic rings. The van der Waals surface area contributed by atoms with Crippen LogP contribution < -0.4 is 10.7 Å². The SMILES string of the molecule is CCCc1nnc2n1NC(c1ccc(F)cc1)C(C(=O)Nc1ccccc1C)S2. The van der Waals surface area contributed by atoms with Crippen LogP contribution in [0.3, 0.4) is 0 Å². The fraction of sp³-hybridized carbons (Fsp3) is 0.286. The smallest absolute Gasteiger partial charge is 0.240 e. The molecule has 0 fully saturated rings. The highest BCUT2D eigenvalue weighted by atomic mass is 32.2. The van der Waals surface area contributed by atoms with Crippen molar-refractivity contribution in [1.29, 1.82) is 0 Å². The average Bonchev–Trinajstić information content (AvgIpc) is 3.11. The van der Waals surface area contributed by atoms with Crippen molar-refractivity contribution < 1.29 is 9.18 Å². The van der Waals surface area contributed by atoms with E-state index in [0.29, 0.717) is 5.16 Å². The highest BCUT2D eigenvalue weighted by Crippen LogP contribution is 2.37. The zero-order valence-electron chi connectivity index (χ0n) is 16.2. The molecule has 2 N–H and O–H groups in total. The van der Waals surface area contributed by atoms with Gasteiger partial charge in [0.15, 0.2) is 5.82 Å². The van der Waals surface area contributed by atoms with E-state index >= 15 is 0 Å². The number of halogens is 1. The molecule has 150 valence electrons. The molecule has 4 rings (SSSR count). The van der Waals surface area contributed by atoms with Crippen molar-refractivity contribution in [2.45, 2.75) is 43.1 Å². The van der Waals surface area contributed by atoms with Gasteiger partial charge in [-0.05, 0) is 42.7 Å². The van der Waals surface area contributed by atoms with E-state index in [9.17, 15) is 9.18 Å². The molecular formula is C21H22FN5OS. The lowest BCUT2D eigenvalue weighted by Crippen LogP contribution is -2.41. The molecule has 2 aromatic carbocycles. The molecule has 1 aromatic heterocycles. The molecule has 0 bridgehead atoms. The summed E-state index contributed by atoms with van der Waals surface area (Å²) in [6.45, 7) is 4.03. The lowest BCUT2D eigenvalue weighted by molar-refractivity contribution is -0.116. The number of rotatable bonds is 5. The Morgan fingerprint density at radius 3 is 2.69 bits per heavy atom. The first kappa shape index (κ1) is 19.4. The van der Waals surface area contributed by atoms with Crippen molar-refractivity contribution in [3.8, 4) is 0 Å². The van der Waals surface area contributed by atoms with Gasteiger partial charge in [-0.3, -0.25) is 4.79 Å². The Bertz CT molecular complexity index is 1020. The maximum absolute atomic E-state index is 13.5. The summed E-state index contributed by atoms with van der Waals surface area (Å²) in [7, 11) is 0. The highest BCUT2D eigenvalue weighted by molar-refractivity contribution is 8.00. The van der Waals surface area contributed by atoms with Gasteiger partial charge in [-0.1, -0.05) is 49.0 Å². The molecule has 1 amide bonds. The molecule has 0 saturated carbocycles. The number of amides is 1. The summed E-state index contributed by atoms with van der Waals surface area (Å²) in [6, 6.07) is 13.5. The summed E-state index contributed by atoms with van der Waals surface area (Å²) in [4.78, 5) is 13.2. The van der Waals surface area contributed by atoms with E-state index in [2.05, 4.69) is 27.9 Å². The van der Waals surface area contributed by atoms with E-state index in [1.165, 1.54) is 23.9 Å². The van der Waals surface area contributed by atoms with E-state index in [1.807, 2.05) is 35.9 Å². The topological polar surface area (TPSA) is 71.8 Å². The summed E-state index contributed by atoms with van der Waals surface area (Å²) in [6.07, 6.45) is 1.71. The Balaban J connectivity index is 1.67. The number of aryl methyl sites for hydroxylation is 2. The number of nitrogens with one attached hydrogen (secondary N) is 2. The van der Waals surface area contributed by atoms with Crippen LogP contribution in [0.5, 0.6) is 0 Å². The molecule has 29 heavy (non-hydrogen) atoms. The molecule has 1 aliphatic heterocycles. The number of fused-ring (bicyclic) bond motifs is 1. The van der Waals surface area contributed by atoms with E-state index in [1.54, 1.807) is 12.1 Å². The van der Waals surface area contributed by atoms with Crippen molar-refractivity contribution in [2.24, 2.45) is 0 Å². The number of benzene rings is 2. The van der Waals surface area contributed by atoms with Crippen molar-refractivity contribution in [2.75, 3.05) is 10.7 Å². The summed E-state index contributed by atoms with van der Waals surface area (Å²) < 4.78 is 15.3. The minimum Gasteiger partial charge on any atom is -0.325 e. The fourth-order valence-corrected chi connectivity index (χ4v) is 4.42. The quantitative estimate of drug-likeness (QED) is 0.662. The standard InChI is InChI=1S/C21H22FN5OS/c1-3-6-17-24-25-21-27(17)26-18(14-9-11-15(22)12-10-14)19(29-21)20(28)23-16-8-5-4-7-13(16)2/h4-5,7-12,18-19,26H,3,6H2,1-2H3,(H,23,28). The molecule has 2 unspecified atom stereocenters. The number of aromatic nitrogens is 3. The number of carbonyl (C=O) groups excluding carboxylic acids is 1. The normalized spacial score (nSPS) is 18.0. The summed E-state index contributed by atoms with van der Waals surface area (Å²) >= 11 is 1.37. The summed E-state index contributed by atoms with van der Waals surface area (Å²) in [5.41, 5.74) is 5.97. The van der Waals surface area contributed by atoms with E-state index in [4.69, 9.17) is 0 Å². The first-order valence-electron chi connectivity index (χ1n) is 9.56. The van der Waals surface area contributed by atoms with Crippen molar-refractivity contribution >= 4 is 23.4 Å². The van der Waals surface area contributed by atoms with Crippen LogP contribution in [0, 0.1) is 12.7 Å². The van der Waals surface area contributed by atoms with Gasteiger partial charge in [0.05, 0.1) is 6.04 Å². The molecule has 2 heterocycles. The predicted octanol–water partition coefficient (Wildman–Crippen LogP) is 4.08. The molecule has 0 spiro atoms. The number of anilines is 1. The van der Waals surface area contributed by atoms with Gasteiger partial charge in [0.25, 0.3) is 0 Å². The fourth-order valence-electron chi connectivity index (χ4n) is 3.32. The highest BCUT2D eigenvalue weighted by Gasteiger charge is 2.37. The van der Waals surface area contributed by atoms with Crippen LogP contribution in [0.1, 0.15) is 36.3 Å². The number of thioether (sulfide) groups is 1. The van der Waals surface area contributed by atoms with Crippen LogP contribution in [0.25, 0.3) is 0 Å². The molecule has 0 radical (unpaired) electrons. The number of para-hydroxylation sites is 1. The largest absolute Gasteiger partial charge is 0.325 e. The lowest BCUT2D eigenvalue weighted by Gasteiger charge is -2.33. The van der Waals surface area contributed by atoms with Gasteiger partial charge < -0.3 is 10.7 Å². The number of hydrogen-bond donors (Lipinski definition) is 2. The Labute approximate surface area is 172 Å². The van der Waals surface area contributed by atoms with Crippen LogP contribution >= 0.6 is 11.8 Å². The van der Waals surface area contributed by atoms with Crippen molar-refractivity contribution in [1.82, 2.24) is 14.9 Å². The van der Waals surface area contributed by atoms with Gasteiger partial charge in [-0.25, -0.2) is 9.07 Å². The Kier molecular flexibility index (Phi) is 5.53. The molecule has 1 aliphatic rings. The van der Waals surface area contributed by atoms with E-state index in [-0.39, 0.29) is 17.8 Å². The molecule has 6 nitrogen and oxygen atoms in total. The molecule has 0 aliphatic carbocycles. The van der Waals surface area contributed by atoms with E-state index < -0.39 is 5.25 Å². The number of nitrogens with zero attached hydrogens (tertiary/aromatic N) is 3. The molecule has 0 saturated heterocycles. The second-order valence-corrected chi connectivity index (χ2v) is 8.09. The number of carbonyl (C=O) groups is 1. The Morgan fingerprint density at radius 1 is 1.21 bits per heavy atom. The molecule has 2 atom stereocenters. The minimum absolute atomic E-state index is 0.141. The maximum atomic E-state index is 13.5. The van der Waals surface area contributed by atoms with Crippen LogP contribution in [-0.2, 0) is 11.2 Å². The zero-order chi connectivity index (χ0) is 20.4. The van der Waals surface area contributed by atoms with Crippen LogP contribution in [-0.4, -0.2) is 26.0 Å². The van der Waals surface area contributed by atoms with Crippen molar-refractivity contribution in [3.63, 3.8) is 0 Å². The zero-order valence-corrected chi connectivity index (χ0v) is 17.0. The van der Waals surface area contributed by atoms with Gasteiger partial charge in [0.1, 0.15) is 11.1 Å². The maximum Gasteiger partial charge on any atom is 0.240 e. The first-order valence-corrected chi connectivity index (χ1v) is 10.4. The second-order valence-electron chi connectivity index (χ2n) is 6.99. The minimum atomic E-state index is -0.494. The van der Waals surface area contributed by atoms with Crippen LogP contribution in [0.15, 0.2) is 53.7 Å². The second kappa shape index (κ2) is 8.24. The summed E-state index contributed by atoms with van der Waals surface area (Å²) in [5, 5.41) is 11.7. The van der Waals surface area contributed by atoms with E-state index in [0.717, 1.165) is 35.5 Å². The third kappa shape index (κ3) is 3.98. The van der Waals surface area contributed by atoms with Crippen molar-refractivity contribution in [3.05, 3.63) is 71.3 Å². The third-order valence-electron chi connectivity index (χ3n) is 4.87. The summed E-state index contributed by atoms with van der Waals surface area (Å²) in [5.74, 6) is 0.368. The average molecular weight is 412 g/mol. The monoisotopic (exact) mass is 411 g/mol.